The van der Waals surface area contributed by atoms with Gasteiger partial charge in [-0.25, -0.2) is 26.6 Å². The lowest BCUT2D eigenvalue weighted by Crippen LogP contribution is -2.56. The van der Waals surface area contributed by atoms with E-state index >= 15 is 0 Å². The van der Waals surface area contributed by atoms with E-state index in [-0.39, 0.29) is 46.4 Å². The van der Waals surface area contributed by atoms with Gasteiger partial charge in [-0.1, -0.05) is 0 Å². The van der Waals surface area contributed by atoms with Gasteiger partial charge >= 0.3 is 5.97 Å². The maximum Gasteiger partial charge on any atom is 0.327 e. The average Bonchev–Trinajstić information content (AvgIpc) is 2.98. The summed E-state index contributed by atoms with van der Waals surface area (Å²) in [4.78, 5) is 39.8. The number of piperidine rings is 2. The summed E-state index contributed by atoms with van der Waals surface area (Å²) in [6, 6.07) is 2.70. The molecule has 2 aliphatic rings. The second kappa shape index (κ2) is 19.0. The molecule has 0 saturated carbocycles. The van der Waals surface area contributed by atoms with Gasteiger partial charge < -0.3 is 21.1 Å². The monoisotopic (exact) mass is 715 g/mol. The second-order valence-electron chi connectivity index (χ2n) is 11.6. The summed E-state index contributed by atoms with van der Waals surface area (Å²) in [5.74, 6) is -1.97. The number of hydrazine groups is 1. The number of carbonyl (C=O) groups excluding carboxylic acids is 2. The fourth-order valence-electron chi connectivity index (χ4n) is 5.52. The highest BCUT2D eigenvalue weighted by atomic mass is 35.5. The summed E-state index contributed by atoms with van der Waals surface area (Å²) in [6.07, 6.45) is 8.37. The number of halogens is 2. The normalized spacial score (nSPS) is 17.0. The van der Waals surface area contributed by atoms with E-state index in [1.807, 2.05) is 4.83 Å². The smallest absolute Gasteiger partial charge is 0.327 e. The SMILES string of the molecule is CC(C(=O)O)N(NS(=O)(=O)c1ccc(S(C)(=O)=O)cc1)C(=O)CNC(=O)C(CCC1CCNCC1)CCC1CCNCC1.Cl.Cl. The molecule has 0 radical (unpaired) electrons. The van der Waals surface area contributed by atoms with Crippen molar-refractivity contribution in [1.82, 2.24) is 25.8 Å². The van der Waals surface area contributed by atoms with Crippen molar-refractivity contribution < 1.29 is 36.3 Å². The molecule has 0 spiro atoms. The Morgan fingerprint density at radius 3 is 1.73 bits per heavy atom. The first-order chi connectivity index (χ1) is 20.3. The molecule has 2 saturated heterocycles. The Kier molecular flexibility index (Phi) is 17.3. The standard InChI is InChI=1S/C28H45N5O8S2.2ClH/c1-20(28(36)37)33(32-43(40,41)25-9-7-24(8-10-25)42(2,38)39)26(34)19-31-27(35)23(5-3-21-11-15-29-16-12-21)6-4-22-13-17-30-18-14-22;;/h7-10,20-23,29-30,32H,3-6,11-19H2,1-2H3,(H,31,35)(H,36,37);2*1H. The fraction of sp³-hybridized carbons (Fsp3) is 0.679. The van der Waals surface area contributed by atoms with Crippen LogP contribution in [0.25, 0.3) is 0 Å². The van der Waals surface area contributed by atoms with Crippen molar-refractivity contribution in [2.45, 2.75) is 74.1 Å². The molecule has 1 aromatic rings. The maximum atomic E-state index is 13.3. The van der Waals surface area contributed by atoms with Gasteiger partial charge in [0.15, 0.2) is 9.84 Å². The molecule has 1 unspecified atom stereocenters. The molecule has 2 aliphatic heterocycles. The minimum atomic E-state index is -4.47. The number of sulfonamides is 1. The van der Waals surface area contributed by atoms with Gasteiger partial charge in [-0.3, -0.25) is 9.59 Å². The van der Waals surface area contributed by atoms with Crippen molar-refractivity contribution in [2.75, 3.05) is 39.0 Å². The van der Waals surface area contributed by atoms with Gasteiger partial charge in [0, 0.05) is 12.2 Å². The van der Waals surface area contributed by atoms with E-state index in [9.17, 15) is 36.3 Å². The number of rotatable bonds is 15. The van der Waals surface area contributed by atoms with Crippen LogP contribution in [0.1, 0.15) is 58.3 Å². The van der Waals surface area contributed by atoms with Gasteiger partial charge in [0.2, 0.25) is 5.91 Å². The third-order valence-corrected chi connectivity index (χ3v) is 10.8. The van der Waals surface area contributed by atoms with Crippen LogP contribution < -0.4 is 20.8 Å². The molecule has 0 aromatic heterocycles. The van der Waals surface area contributed by atoms with E-state index in [0.717, 1.165) is 102 Å². The zero-order chi connectivity index (χ0) is 31.6. The van der Waals surface area contributed by atoms with Crippen LogP contribution in [0.4, 0.5) is 0 Å². The number of hydrogen-bond donors (Lipinski definition) is 5. The van der Waals surface area contributed by atoms with Crippen molar-refractivity contribution in [3.05, 3.63) is 24.3 Å². The zero-order valence-corrected chi connectivity index (χ0v) is 29.0. The molecule has 258 valence electrons. The van der Waals surface area contributed by atoms with E-state index in [1.54, 1.807) is 0 Å². The summed E-state index contributed by atoms with van der Waals surface area (Å²) < 4.78 is 49.5. The van der Waals surface area contributed by atoms with Gasteiger partial charge in [-0.05, 0) is 121 Å². The maximum absolute atomic E-state index is 13.3. The summed E-state index contributed by atoms with van der Waals surface area (Å²) in [7, 11) is -8.04. The summed E-state index contributed by atoms with van der Waals surface area (Å²) in [6.45, 7) is 4.38. The van der Waals surface area contributed by atoms with Gasteiger partial charge in [0.1, 0.15) is 6.04 Å². The molecule has 45 heavy (non-hydrogen) atoms. The van der Waals surface area contributed by atoms with Crippen LogP contribution in [-0.2, 0) is 34.2 Å². The molecule has 3 rings (SSSR count). The van der Waals surface area contributed by atoms with Crippen molar-refractivity contribution in [1.29, 1.82) is 0 Å². The molecule has 13 nitrogen and oxygen atoms in total. The predicted molar refractivity (Wildman–Crippen MR) is 174 cm³/mol. The lowest BCUT2D eigenvalue weighted by molar-refractivity contribution is -0.150. The number of nitrogens with zero attached hydrogens (tertiary/aromatic N) is 1. The minimum absolute atomic E-state index is 0. The predicted octanol–water partition coefficient (Wildman–Crippen LogP) is 1.72. The first-order valence-corrected chi connectivity index (χ1v) is 18.2. The quantitative estimate of drug-likeness (QED) is 0.167. The van der Waals surface area contributed by atoms with Crippen LogP contribution in [-0.4, -0.2) is 89.8 Å². The third kappa shape index (κ3) is 13.0. The summed E-state index contributed by atoms with van der Waals surface area (Å²) in [5.41, 5.74) is 0. The largest absolute Gasteiger partial charge is 0.480 e. The highest BCUT2D eigenvalue weighted by Crippen LogP contribution is 2.27. The first-order valence-electron chi connectivity index (χ1n) is 14.8. The van der Waals surface area contributed by atoms with E-state index < -0.39 is 44.3 Å². The molecule has 2 heterocycles. The first kappa shape index (κ1) is 41.0. The summed E-state index contributed by atoms with van der Waals surface area (Å²) >= 11 is 0. The second-order valence-corrected chi connectivity index (χ2v) is 15.2. The molecular weight excluding hydrogens is 669 g/mol. The van der Waals surface area contributed by atoms with Gasteiger partial charge in [0.05, 0.1) is 16.3 Å². The molecule has 0 bridgehead atoms. The van der Waals surface area contributed by atoms with Gasteiger partial charge in [0.25, 0.3) is 15.9 Å². The Balaban J connectivity index is 0.00000506. The average molecular weight is 717 g/mol. The van der Waals surface area contributed by atoms with Crippen molar-refractivity contribution in [3.8, 4) is 0 Å². The number of amides is 2. The van der Waals surface area contributed by atoms with E-state index in [4.69, 9.17) is 0 Å². The lowest BCUT2D eigenvalue weighted by atomic mass is 9.84. The third-order valence-electron chi connectivity index (χ3n) is 8.34. The highest BCUT2D eigenvalue weighted by molar-refractivity contribution is 7.90. The number of carbonyl (C=O) groups is 3. The Hall–Kier alpha value is -2.01. The van der Waals surface area contributed by atoms with Crippen molar-refractivity contribution >= 4 is 62.5 Å². The number of sulfone groups is 1. The number of carboxylic acid groups (broad SMARTS) is 1. The zero-order valence-electron chi connectivity index (χ0n) is 25.7. The van der Waals surface area contributed by atoms with Crippen LogP contribution in [0.5, 0.6) is 0 Å². The van der Waals surface area contributed by atoms with Crippen molar-refractivity contribution in [2.24, 2.45) is 17.8 Å². The number of aliphatic carboxylic acids is 1. The van der Waals surface area contributed by atoms with E-state index in [2.05, 4.69) is 16.0 Å². The van der Waals surface area contributed by atoms with Crippen LogP contribution in [0, 0.1) is 17.8 Å². The van der Waals surface area contributed by atoms with Gasteiger partial charge in [-0.2, -0.15) is 0 Å². The molecule has 1 aromatic carbocycles. The molecule has 0 aliphatic carbocycles. The Morgan fingerprint density at radius 2 is 1.31 bits per heavy atom. The Bertz CT molecular complexity index is 1300. The van der Waals surface area contributed by atoms with Crippen LogP contribution in [0.3, 0.4) is 0 Å². The molecule has 2 fully saturated rings. The van der Waals surface area contributed by atoms with Crippen molar-refractivity contribution in [3.63, 3.8) is 0 Å². The van der Waals surface area contributed by atoms with Gasteiger partial charge in [-0.15, -0.1) is 29.6 Å². The van der Waals surface area contributed by atoms with E-state index in [0.29, 0.717) is 29.7 Å². The molecule has 17 heteroatoms. The highest BCUT2D eigenvalue weighted by Gasteiger charge is 2.32. The number of benzene rings is 1. The summed E-state index contributed by atoms with van der Waals surface area (Å²) in [5, 5.41) is 19.3. The lowest BCUT2D eigenvalue weighted by Gasteiger charge is -2.28. The fourth-order valence-corrected chi connectivity index (χ4v) is 7.27. The topological polar surface area (TPSA) is 191 Å². The molecule has 1 atom stereocenters. The Labute approximate surface area is 278 Å². The number of nitrogens with one attached hydrogen (secondary N) is 4. The molecule has 5 N–H and O–H groups in total. The molecule has 2 amide bonds. The Morgan fingerprint density at radius 1 is 0.867 bits per heavy atom. The number of hydrogen-bond acceptors (Lipinski definition) is 9. The number of carboxylic acids is 1. The van der Waals surface area contributed by atoms with E-state index in [1.165, 1.54) is 0 Å². The molecular formula is C28H47Cl2N5O8S2. The van der Waals surface area contributed by atoms with Crippen LogP contribution in [0.15, 0.2) is 34.1 Å². The minimum Gasteiger partial charge on any atom is -0.480 e. The van der Waals surface area contributed by atoms with Crippen LogP contribution >= 0.6 is 24.8 Å². The van der Waals surface area contributed by atoms with Crippen LogP contribution in [0.2, 0.25) is 0 Å².